The van der Waals surface area contributed by atoms with Crippen LogP contribution in [0, 0.1) is 0 Å². The molecular weight excluding hydrogens is 647 g/mol. The Morgan fingerprint density at radius 1 is 0.773 bits per heavy atom. The molecule has 0 saturated carbocycles. The Hall–Kier alpha value is -4.08. The number of aromatic nitrogens is 6. The number of phenolic OH excluding ortho intramolecular Hbond substituents is 2. The highest BCUT2D eigenvalue weighted by Crippen LogP contribution is 2.27. The number of hydrogen-bond acceptors (Lipinski definition) is 14. The van der Waals surface area contributed by atoms with E-state index >= 15 is 0 Å². The van der Waals surface area contributed by atoms with E-state index < -0.39 is 0 Å². The number of thiazole rings is 2. The van der Waals surface area contributed by atoms with Gasteiger partial charge in [-0.25, -0.2) is 29.9 Å². The summed E-state index contributed by atoms with van der Waals surface area (Å²) in [6.07, 6.45) is 4.55. The number of fused-ring (bicyclic) bond motifs is 2. The first-order valence-electron chi connectivity index (χ1n) is 12.8. The smallest absolute Gasteiger partial charge is 0.160 e. The van der Waals surface area contributed by atoms with Crippen LogP contribution in [0.4, 0.5) is 5.82 Å². The topological polar surface area (TPSA) is 174 Å². The van der Waals surface area contributed by atoms with Crippen LogP contribution in [0.5, 0.6) is 23.0 Å². The van der Waals surface area contributed by atoms with Crippen LogP contribution in [0.3, 0.4) is 0 Å². The van der Waals surface area contributed by atoms with Crippen molar-refractivity contribution in [3.05, 3.63) is 76.4 Å². The second-order valence-electron chi connectivity index (χ2n) is 8.63. The third-order valence-corrected chi connectivity index (χ3v) is 7.59. The molecule has 0 spiro atoms. The number of hydrogen-bond donors (Lipinski definition) is 4. The molecule has 232 valence electrons. The first-order chi connectivity index (χ1) is 20.9. The normalized spacial score (nSPS) is 10.2. The lowest BCUT2D eigenvalue weighted by Crippen LogP contribution is -2.07. The van der Waals surface area contributed by atoms with E-state index in [-0.39, 0.29) is 23.9 Å². The van der Waals surface area contributed by atoms with Crippen molar-refractivity contribution in [2.45, 2.75) is 12.8 Å². The third kappa shape index (κ3) is 9.21. The van der Waals surface area contributed by atoms with Crippen molar-refractivity contribution in [2.24, 2.45) is 5.73 Å². The summed E-state index contributed by atoms with van der Waals surface area (Å²) in [6.45, 7) is 1.31. The highest BCUT2D eigenvalue weighted by atomic mass is 35.5. The molecule has 12 nitrogen and oxygen atoms in total. The van der Waals surface area contributed by atoms with Gasteiger partial charge in [0.25, 0.3) is 0 Å². The number of benzene rings is 2. The van der Waals surface area contributed by atoms with Crippen LogP contribution in [0.15, 0.2) is 60.1 Å². The molecule has 0 atom stereocenters. The zero-order valence-electron chi connectivity index (χ0n) is 23.7. The van der Waals surface area contributed by atoms with Crippen LogP contribution in [-0.2, 0) is 12.8 Å². The molecular formula is C28H30Cl2N8O4S2. The van der Waals surface area contributed by atoms with Gasteiger partial charge in [-0.3, -0.25) is 0 Å². The fraction of sp³-hybridized carbons (Fsp3) is 0.214. The molecule has 4 heterocycles. The number of ether oxygens (including phenoxy) is 2. The van der Waals surface area contributed by atoms with E-state index in [4.69, 9.17) is 26.8 Å². The molecule has 0 radical (unpaired) electrons. The van der Waals surface area contributed by atoms with E-state index in [9.17, 15) is 10.2 Å². The van der Waals surface area contributed by atoms with Crippen molar-refractivity contribution in [1.29, 1.82) is 0 Å². The minimum absolute atomic E-state index is 0. The molecule has 4 aromatic heterocycles. The summed E-state index contributed by atoms with van der Waals surface area (Å²) in [7, 11) is 3.07. The zero-order valence-corrected chi connectivity index (χ0v) is 26.9. The number of halogens is 2. The average Bonchev–Trinajstić information content (AvgIpc) is 3.71. The lowest BCUT2D eigenvalue weighted by molar-refractivity contribution is 0.373. The van der Waals surface area contributed by atoms with Gasteiger partial charge in [-0.1, -0.05) is 23.7 Å². The molecule has 5 N–H and O–H groups in total. The summed E-state index contributed by atoms with van der Waals surface area (Å²) in [5, 5.41) is 22.5. The SMILES string of the molecule is COc1cc(CCN)ccc1O.COc1cc(CCNc2ncnc3scnc23)ccc1O.Cl.Clc1ncnc2scnc12. The molecule has 0 aliphatic rings. The summed E-state index contributed by atoms with van der Waals surface area (Å²) in [4.78, 5) is 26.1. The molecule has 0 amide bonds. The fourth-order valence-electron chi connectivity index (χ4n) is 3.74. The number of nitrogens with one attached hydrogen (secondary N) is 1. The number of nitrogens with zero attached hydrogens (tertiary/aromatic N) is 6. The number of nitrogens with two attached hydrogens (primary N) is 1. The minimum atomic E-state index is 0. The predicted octanol–water partition coefficient (Wildman–Crippen LogP) is 5.52. The van der Waals surface area contributed by atoms with E-state index in [2.05, 4.69) is 35.2 Å². The monoisotopic (exact) mass is 676 g/mol. The van der Waals surface area contributed by atoms with Crippen LogP contribution in [0.1, 0.15) is 11.1 Å². The molecule has 0 aliphatic carbocycles. The standard InChI is InChI=1S/C14H14N4O2S.C9H13NO2.C5H2ClN3S.ClH/c1-20-11-6-9(2-3-10(11)19)4-5-15-13-12-14(17-7-16-13)21-8-18-12;1-12-9-6-7(4-5-10)2-3-8(9)11;6-4-3-5(8-1-7-4)10-2-9-3;/h2-3,6-8,19H,4-5H2,1H3,(H,15,16,17);2-3,6,11H,4-5,10H2,1H3;1-2H;1H. The van der Waals surface area contributed by atoms with Gasteiger partial charge in [0.1, 0.15) is 33.3 Å². The fourth-order valence-corrected chi connectivity index (χ4v) is 5.23. The quantitative estimate of drug-likeness (QED) is 0.149. The van der Waals surface area contributed by atoms with Gasteiger partial charge in [0.15, 0.2) is 34.0 Å². The van der Waals surface area contributed by atoms with E-state index in [0.29, 0.717) is 35.3 Å². The molecule has 0 aliphatic heterocycles. The first-order valence-corrected chi connectivity index (χ1v) is 15.0. The van der Waals surface area contributed by atoms with Gasteiger partial charge in [-0.15, -0.1) is 35.1 Å². The Morgan fingerprint density at radius 2 is 1.32 bits per heavy atom. The van der Waals surface area contributed by atoms with Crippen molar-refractivity contribution in [2.75, 3.05) is 32.6 Å². The molecule has 16 heteroatoms. The predicted molar refractivity (Wildman–Crippen MR) is 177 cm³/mol. The lowest BCUT2D eigenvalue weighted by atomic mass is 10.1. The van der Waals surface area contributed by atoms with Crippen molar-refractivity contribution < 1.29 is 19.7 Å². The molecule has 44 heavy (non-hydrogen) atoms. The Kier molecular flexibility index (Phi) is 13.5. The number of anilines is 1. The first kappa shape index (κ1) is 34.4. The molecule has 6 aromatic rings. The lowest BCUT2D eigenvalue weighted by Gasteiger charge is -2.08. The molecule has 6 rings (SSSR count). The Labute approximate surface area is 272 Å². The van der Waals surface area contributed by atoms with Gasteiger partial charge >= 0.3 is 0 Å². The average molecular weight is 678 g/mol. The molecule has 0 bridgehead atoms. The van der Waals surface area contributed by atoms with Gasteiger partial charge in [0.05, 0.1) is 25.2 Å². The summed E-state index contributed by atoms with van der Waals surface area (Å²) in [5.41, 5.74) is 12.5. The summed E-state index contributed by atoms with van der Waals surface area (Å²) in [6, 6.07) is 10.6. The molecule has 0 unspecified atom stereocenters. The second kappa shape index (κ2) is 17.3. The number of aromatic hydroxyl groups is 2. The Bertz CT molecular complexity index is 1770. The van der Waals surface area contributed by atoms with E-state index in [1.165, 1.54) is 49.5 Å². The molecule has 0 fully saturated rings. The number of phenols is 2. The van der Waals surface area contributed by atoms with Gasteiger partial charge in [-0.2, -0.15) is 0 Å². The highest BCUT2D eigenvalue weighted by Gasteiger charge is 2.07. The summed E-state index contributed by atoms with van der Waals surface area (Å²) >= 11 is 8.64. The molecule has 2 aromatic carbocycles. The van der Waals surface area contributed by atoms with Gasteiger partial charge in [0, 0.05) is 6.54 Å². The van der Waals surface area contributed by atoms with E-state index in [1.54, 1.807) is 29.2 Å². The maximum Gasteiger partial charge on any atom is 0.160 e. The number of methoxy groups -OCH3 is 2. The summed E-state index contributed by atoms with van der Waals surface area (Å²) < 4.78 is 10.0. The summed E-state index contributed by atoms with van der Waals surface area (Å²) in [5.74, 6) is 2.04. The Morgan fingerprint density at radius 3 is 1.89 bits per heavy atom. The molecule has 0 saturated heterocycles. The van der Waals surface area contributed by atoms with Gasteiger partial charge in [-0.05, 0) is 54.8 Å². The maximum atomic E-state index is 9.57. The third-order valence-electron chi connectivity index (χ3n) is 5.85. The van der Waals surface area contributed by atoms with Crippen molar-refractivity contribution >= 4 is 73.2 Å². The maximum absolute atomic E-state index is 9.57. The van der Waals surface area contributed by atoms with E-state index in [1.807, 2.05) is 18.2 Å². The number of rotatable bonds is 8. The van der Waals surface area contributed by atoms with Crippen LogP contribution in [-0.4, -0.2) is 67.4 Å². The van der Waals surface area contributed by atoms with Gasteiger partial charge < -0.3 is 30.7 Å². The van der Waals surface area contributed by atoms with Crippen molar-refractivity contribution in [1.82, 2.24) is 29.9 Å². The van der Waals surface area contributed by atoms with Crippen molar-refractivity contribution in [3.63, 3.8) is 0 Å². The van der Waals surface area contributed by atoms with Crippen molar-refractivity contribution in [3.8, 4) is 23.0 Å². The zero-order chi connectivity index (χ0) is 30.6. The minimum Gasteiger partial charge on any atom is -0.504 e. The Balaban J connectivity index is 0.000000195. The van der Waals surface area contributed by atoms with Crippen LogP contribution < -0.4 is 20.5 Å². The van der Waals surface area contributed by atoms with Crippen LogP contribution >= 0.6 is 46.7 Å². The second-order valence-corrected chi connectivity index (χ2v) is 10.7. The van der Waals surface area contributed by atoms with E-state index in [0.717, 1.165) is 45.0 Å². The van der Waals surface area contributed by atoms with Gasteiger partial charge in [0.2, 0.25) is 0 Å². The largest absolute Gasteiger partial charge is 0.504 e. The van der Waals surface area contributed by atoms with Crippen LogP contribution in [0.25, 0.3) is 20.7 Å². The highest BCUT2D eigenvalue weighted by molar-refractivity contribution is 7.16. The van der Waals surface area contributed by atoms with Crippen LogP contribution in [0.2, 0.25) is 5.15 Å².